The van der Waals surface area contributed by atoms with Crippen molar-refractivity contribution in [1.29, 1.82) is 0 Å². The molecule has 1 N–H and O–H groups in total. The Kier molecular flexibility index (Phi) is 4.98. The number of aliphatic hydroxyl groups is 1. The number of aromatic nitrogens is 2. The number of hydrogen-bond acceptors (Lipinski definition) is 5. The van der Waals surface area contributed by atoms with Crippen LogP contribution >= 0.6 is 0 Å². The Labute approximate surface area is 125 Å². The summed E-state index contributed by atoms with van der Waals surface area (Å²) < 4.78 is 5.23. The largest absolute Gasteiger partial charge is 0.395 e. The average molecular weight is 295 g/mol. The van der Waals surface area contributed by atoms with Crippen molar-refractivity contribution in [2.75, 3.05) is 19.7 Å². The van der Waals surface area contributed by atoms with Gasteiger partial charge in [-0.2, -0.15) is 4.98 Å². The summed E-state index contributed by atoms with van der Waals surface area (Å²) >= 11 is 0. The van der Waals surface area contributed by atoms with Crippen LogP contribution in [0.25, 0.3) is 0 Å². The van der Waals surface area contributed by atoms with E-state index in [2.05, 4.69) is 10.1 Å². The Bertz CT molecular complexity index is 466. The van der Waals surface area contributed by atoms with Gasteiger partial charge in [-0.05, 0) is 32.6 Å². The summed E-state index contributed by atoms with van der Waals surface area (Å²) in [7, 11) is 0. The molecule has 0 radical (unpaired) electrons. The third-order valence-corrected chi connectivity index (χ3v) is 4.78. The van der Waals surface area contributed by atoms with Crippen LogP contribution in [0.1, 0.15) is 57.2 Å². The van der Waals surface area contributed by atoms with E-state index in [9.17, 15) is 9.90 Å². The fraction of sp³-hybridized carbons (Fsp3) is 0.800. The molecule has 1 aromatic rings. The molecule has 0 aliphatic carbocycles. The molecule has 0 spiro atoms. The van der Waals surface area contributed by atoms with E-state index in [1.165, 1.54) is 0 Å². The number of aryl methyl sites for hydroxylation is 1. The first-order chi connectivity index (χ1) is 10.1. The van der Waals surface area contributed by atoms with E-state index in [-0.39, 0.29) is 18.4 Å². The first-order valence-electron chi connectivity index (χ1n) is 7.76. The molecule has 1 amide bonds. The fourth-order valence-corrected chi connectivity index (χ4v) is 2.99. The molecule has 2 heterocycles. The van der Waals surface area contributed by atoms with Crippen LogP contribution < -0.4 is 0 Å². The van der Waals surface area contributed by atoms with Crippen molar-refractivity contribution >= 4 is 5.91 Å². The summed E-state index contributed by atoms with van der Waals surface area (Å²) in [6.45, 7) is 7.03. The number of hydrogen-bond donors (Lipinski definition) is 1. The van der Waals surface area contributed by atoms with Gasteiger partial charge in [0.15, 0.2) is 5.82 Å². The molecule has 1 saturated heterocycles. The highest BCUT2D eigenvalue weighted by Gasteiger charge is 2.39. The number of nitrogens with zero attached hydrogens (tertiary/aromatic N) is 3. The first kappa shape index (κ1) is 15.9. The predicted octanol–water partition coefficient (Wildman–Crippen LogP) is 1.88. The highest BCUT2D eigenvalue weighted by Crippen LogP contribution is 2.32. The van der Waals surface area contributed by atoms with Crippen LogP contribution in [-0.4, -0.2) is 45.8 Å². The van der Waals surface area contributed by atoms with E-state index in [0.717, 1.165) is 12.8 Å². The Morgan fingerprint density at radius 2 is 2.00 bits per heavy atom. The number of aliphatic hydroxyl groups excluding tert-OH is 1. The minimum atomic E-state index is -0.617. The van der Waals surface area contributed by atoms with Crippen molar-refractivity contribution in [1.82, 2.24) is 15.0 Å². The Morgan fingerprint density at radius 1 is 1.38 bits per heavy atom. The van der Waals surface area contributed by atoms with Gasteiger partial charge in [0.1, 0.15) is 0 Å². The summed E-state index contributed by atoms with van der Waals surface area (Å²) in [6.07, 6.45) is 3.01. The molecule has 6 heteroatoms. The molecule has 118 valence electrons. The van der Waals surface area contributed by atoms with Crippen molar-refractivity contribution in [3.63, 3.8) is 0 Å². The lowest BCUT2D eigenvalue weighted by molar-refractivity contribution is -0.146. The SMILES string of the molecule is CCC(CC)(CO)C(=O)N1CCC(c2nc(C)no2)CC1. The van der Waals surface area contributed by atoms with Gasteiger partial charge in [0.05, 0.1) is 12.0 Å². The topological polar surface area (TPSA) is 79.5 Å². The lowest BCUT2D eigenvalue weighted by Crippen LogP contribution is -2.48. The van der Waals surface area contributed by atoms with E-state index in [0.29, 0.717) is 37.6 Å². The fourth-order valence-electron chi connectivity index (χ4n) is 2.99. The molecule has 2 rings (SSSR count). The van der Waals surface area contributed by atoms with Gasteiger partial charge >= 0.3 is 0 Å². The van der Waals surface area contributed by atoms with Gasteiger partial charge in [-0.1, -0.05) is 19.0 Å². The van der Waals surface area contributed by atoms with Gasteiger partial charge in [0, 0.05) is 19.0 Å². The molecule has 21 heavy (non-hydrogen) atoms. The van der Waals surface area contributed by atoms with Crippen LogP contribution in [0.3, 0.4) is 0 Å². The molecule has 0 bridgehead atoms. The van der Waals surface area contributed by atoms with Gasteiger partial charge in [0.2, 0.25) is 11.8 Å². The van der Waals surface area contributed by atoms with Gasteiger partial charge in [0.25, 0.3) is 0 Å². The second kappa shape index (κ2) is 6.56. The van der Waals surface area contributed by atoms with Crippen molar-refractivity contribution in [3.8, 4) is 0 Å². The van der Waals surface area contributed by atoms with Crippen molar-refractivity contribution in [3.05, 3.63) is 11.7 Å². The molecular formula is C15H25N3O3. The average Bonchev–Trinajstić information content (AvgIpc) is 2.96. The molecule has 0 saturated carbocycles. The first-order valence-corrected chi connectivity index (χ1v) is 7.76. The Hall–Kier alpha value is -1.43. The maximum atomic E-state index is 12.7. The van der Waals surface area contributed by atoms with Gasteiger partial charge in [-0.25, -0.2) is 0 Å². The number of likely N-dealkylation sites (tertiary alicyclic amines) is 1. The van der Waals surface area contributed by atoms with Gasteiger partial charge < -0.3 is 14.5 Å². The molecule has 0 unspecified atom stereocenters. The van der Waals surface area contributed by atoms with Crippen LogP contribution in [-0.2, 0) is 4.79 Å². The Morgan fingerprint density at radius 3 is 2.43 bits per heavy atom. The molecule has 6 nitrogen and oxygen atoms in total. The molecule has 1 aromatic heterocycles. The smallest absolute Gasteiger partial charge is 0.231 e. The number of amides is 1. The summed E-state index contributed by atoms with van der Waals surface area (Å²) in [5.41, 5.74) is -0.617. The molecule has 1 aliphatic rings. The lowest BCUT2D eigenvalue weighted by atomic mass is 9.81. The van der Waals surface area contributed by atoms with Crippen molar-refractivity contribution in [2.24, 2.45) is 5.41 Å². The quantitative estimate of drug-likeness (QED) is 0.897. The van der Waals surface area contributed by atoms with E-state index in [4.69, 9.17) is 4.52 Å². The summed E-state index contributed by atoms with van der Waals surface area (Å²) in [5, 5.41) is 13.5. The van der Waals surface area contributed by atoms with Gasteiger partial charge in [-0.15, -0.1) is 0 Å². The predicted molar refractivity (Wildman–Crippen MR) is 77.7 cm³/mol. The van der Waals surface area contributed by atoms with Crippen LogP contribution in [0, 0.1) is 12.3 Å². The van der Waals surface area contributed by atoms with E-state index >= 15 is 0 Å². The number of carbonyl (C=O) groups excluding carboxylic acids is 1. The second-order valence-electron chi connectivity index (χ2n) is 5.89. The second-order valence-corrected chi connectivity index (χ2v) is 5.89. The molecule has 0 aromatic carbocycles. The van der Waals surface area contributed by atoms with Crippen molar-refractivity contribution < 1.29 is 14.4 Å². The summed E-state index contributed by atoms with van der Waals surface area (Å²) in [5.74, 6) is 1.65. The third kappa shape index (κ3) is 3.10. The number of rotatable bonds is 5. The summed E-state index contributed by atoms with van der Waals surface area (Å²) in [4.78, 5) is 18.8. The van der Waals surface area contributed by atoms with Crippen LogP contribution in [0.15, 0.2) is 4.52 Å². The minimum Gasteiger partial charge on any atom is -0.395 e. The van der Waals surface area contributed by atoms with Crippen LogP contribution in [0.4, 0.5) is 0 Å². The molecule has 1 aliphatic heterocycles. The van der Waals surface area contributed by atoms with E-state index in [1.54, 1.807) is 0 Å². The normalized spacial score (nSPS) is 17.2. The van der Waals surface area contributed by atoms with E-state index < -0.39 is 5.41 Å². The number of piperidine rings is 1. The minimum absolute atomic E-state index is 0.0789. The zero-order valence-electron chi connectivity index (χ0n) is 13.1. The monoisotopic (exact) mass is 295 g/mol. The molecule has 0 atom stereocenters. The zero-order valence-corrected chi connectivity index (χ0v) is 13.1. The number of carbonyl (C=O) groups is 1. The lowest BCUT2D eigenvalue weighted by Gasteiger charge is -2.38. The van der Waals surface area contributed by atoms with Gasteiger partial charge in [-0.3, -0.25) is 4.79 Å². The van der Waals surface area contributed by atoms with Crippen LogP contribution in [0.2, 0.25) is 0 Å². The van der Waals surface area contributed by atoms with E-state index in [1.807, 2.05) is 25.7 Å². The maximum absolute atomic E-state index is 12.7. The van der Waals surface area contributed by atoms with Crippen molar-refractivity contribution in [2.45, 2.75) is 52.4 Å². The van der Waals surface area contributed by atoms with Crippen LogP contribution in [0.5, 0.6) is 0 Å². The standard InChI is InChI=1S/C15H25N3O3/c1-4-15(5-2,10-19)14(20)18-8-6-12(7-9-18)13-16-11(3)17-21-13/h12,19H,4-10H2,1-3H3. The highest BCUT2D eigenvalue weighted by atomic mass is 16.5. The summed E-state index contributed by atoms with van der Waals surface area (Å²) in [6, 6.07) is 0. The highest BCUT2D eigenvalue weighted by molar-refractivity contribution is 5.83. The molecular weight excluding hydrogens is 270 g/mol. The zero-order chi connectivity index (χ0) is 15.5. The maximum Gasteiger partial charge on any atom is 0.231 e. The third-order valence-electron chi connectivity index (χ3n) is 4.78. The molecule has 1 fully saturated rings. The Balaban J connectivity index is 1.98.